The third kappa shape index (κ3) is 3.02. The van der Waals surface area contributed by atoms with Crippen molar-refractivity contribution >= 4 is 22.6 Å². The number of methoxy groups -OCH3 is 1. The lowest BCUT2D eigenvalue weighted by molar-refractivity contribution is 0.416. The average Bonchev–Trinajstić information content (AvgIpc) is 3.04. The van der Waals surface area contributed by atoms with Gasteiger partial charge in [-0.3, -0.25) is 9.36 Å². The number of rotatable bonds is 3. The van der Waals surface area contributed by atoms with Crippen LogP contribution in [0.25, 0.3) is 27.8 Å². The molecule has 2 aromatic carbocycles. The number of nitrogens with one attached hydrogen (secondary N) is 1. The standard InChI is InChI=1S/C22H16ClN3O3/c1-12-3-8-18(29-2)15(9-12)13-4-6-14(7-5-13)26-19(23)10-17-20(26)21(27)16(11-24)22(28)25-17/h3-10H,1-2H3,(H2,25,27,28). The number of ether oxygens (including phenoxy) is 1. The van der Waals surface area contributed by atoms with Gasteiger partial charge in [0, 0.05) is 11.3 Å². The molecule has 0 atom stereocenters. The number of aromatic nitrogens is 2. The van der Waals surface area contributed by atoms with Gasteiger partial charge < -0.3 is 14.8 Å². The third-order valence-electron chi connectivity index (χ3n) is 4.80. The third-order valence-corrected chi connectivity index (χ3v) is 5.07. The zero-order valence-electron chi connectivity index (χ0n) is 15.7. The molecule has 0 amide bonds. The summed E-state index contributed by atoms with van der Waals surface area (Å²) in [5.41, 5.74) is 3.31. The van der Waals surface area contributed by atoms with E-state index in [-0.39, 0.29) is 11.1 Å². The summed E-state index contributed by atoms with van der Waals surface area (Å²) in [4.78, 5) is 14.5. The maximum atomic E-state index is 11.9. The number of nitriles is 1. The Hall–Kier alpha value is -3.69. The van der Waals surface area contributed by atoms with Crippen molar-refractivity contribution in [2.45, 2.75) is 6.92 Å². The van der Waals surface area contributed by atoms with E-state index in [1.807, 2.05) is 49.4 Å². The number of benzene rings is 2. The molecule has 144 valence electrons. The summed E-state index contributed by atoms with van der Waals surface area (Å²) in [5.74, 6) is 0.365. The zero-order chi connectivity index (χ0) is 20.7. The van der Waals surface area contributed by atoms with Crippen molar-refractivity contribution in [3.8, 4) is 34.4 Å². The van der Waals surface area contributed by atoms with Crippen LogP contribution in [0.15, 0.2) is 53.3 Å². The maximum Gasteiger partial charge on any atom is 0.270 e. The van der Waals surface area contributed by atoms with Crippen LogP contribution in [0.2, 0.25) is 5.15 Å². The first-order valence-electron chi connectivity index (χ1n) is 8.76. The molecule has 0 unspecified atom stereocenters. The van der Waals surface area contributed by atoms with Crippen molar-refractivity contribution < 1.29 is 9.84 Å². The van der Waals surface area contributed by atoms with Crippen LogP contribution in [0.5, 0.6) is 11.5 Å². The molecule has 4 aromatic rings. The molecule has 0 aliphatic rings. The van der Waals surface area contributed by atoms with Crippen LogP contribution >= 0.6 is 11.6 Å². The molecule has 2 aromatic heterocycles. The van der Waals surface area contributed by atoms with Gasteiger partial charge in [-0.1, -0.05) is 35.4 Å². The van der Waals surface area contributed by atoms with E-state index in [9.17, 15) is 15.2 Å². The summed E-state index contributed by atoms with van der Waals surface area (Å²) in [6, 6.07) is 16.7. The number of aromatic amines is 1. The fourth-order valence-electron chi connectivity index (χ4n) is 3.41. The van der Waals surface area contributed by atoms with E-state index in [2.05, 4.69) is 4.98 Å². The predicted octanol–water partition coefficient (Wildman–Crippen LogP) is 4.53. The molecule has 2 N–H and O–H groups in total. The Kier molecular flexibility index (Phi) is 4.53. The molecule has 0 aliphatic carbocycles. The van der Waals surface area contributed by atoms with E-state index >= 15 is 0 Å². The van der Waals surface area contributed by atoms with Crippen molar-refractivity contribution in [2.24, 2.45) is 0 Å². The van der Waals surface area contributed by atoms with Crippen molar-refractivity contribution in [2.75, 3.05) is 7.11 Å². The van der Waals surface area contributed by atoms with Gasteiger partial charge in [-0.15, -0.1) is 0 Å². The van der Waals surface area contributed by atoms with Crippen LogP contribution in [0.1, 0.15) is 11.1 Å². The second-order valence-electron chi connectivity index (χ2n) is 6.60. The minimum Gasteiger partial charge on any atom is -0.504 e. The Morgan fingerprint density at radius 3 is 2.55 bits per heavy atom. The van der Waals surface area contributed by atoms with Gasteiger partial charge in [-0.2, -0.15) is 5.26 Å². The lowest BCUT2D eigenvalue weighted by atomic mass is 10.0. The van der Waals surface area contributed by atoms with Gasteiger partial charge in [0.25, 0.3) is 5.56 Å². The van der Waals surface area contributed by atoms with Gasteiger partial charge in [-0.05, 0) is 42.8 Å². The summed E-state index contributed by atoms with van der Waals surface area (Å²) in [5, 5.41) is 19.9. The van der Waals surface area contributed by atoms with Gasteiger partial charge in [0.05, 0.1) is 12.6 Å². The first-order valence-corrected chi connectivity index (χ1v) is 9.14. The van der Waals surface area contributed by atoms with Crippen molar-refractivity contribution in [1.29, 1.82) is 5.26 Å². The molecule has 0 spiro atoms. The van der Waals surface area contributed by atoms with Gasteiger partial charge in [0.2, 0.25) is 0 Å². The van der Waals surface area contributed by atoms with Gasteiger partial charge in [-0.25, -0.2) is 0 Å². The summed E-state index contributed by atoms with van der Waals surface area (Å²) < 4.78 is 7.05. The molecule has 0 saturated heterocycles. The highest BCUT2D eigenvalue weighted by Crippen LogP contribution is 2.35. The SMILES string of the molecule is COc1ccc(C)cc1-c1ccc(-n2c(Cl)cc3[nH]c(=O)c(C#N)c(O)c32)cc1. The second kappa shape index (κ2) is 7.04. The van der Waals surface area contributed by atoms with E-state index in [0.717, 1.165) is 22.4 Å². The smallest absolute Gasteiger partial charge is 0.270 e. The molecule has 6 nitrogen and oxygen atoms in total. The van der Waals surface area contributed by atoms with Crippen LogP contribution in [-0.4, -0.2) is 21.8 Å². The fourth-order valence-corrected chi connectivity index (χ4v) is 3.70. The number of H-pyrrole nitrogens is 1. The molecule has 29 heavy (non-hydrogen) atoms. The monoisotopic (exact) mass is 405 g/mol. The topological polar surface area (TPSA) is 91.0 Å². The number of halogens is 1. The van der Waals surface area contributed by atoms with Crippen LogP contribution in [0.3, 0.4) is 0 Å². The number of aryl methyl sites for hydroxylation is 1. The van der Waals surface area contributed by atoms with E-state index in [0.29, 0.717) is 16.4 Å². The molecular formula is C22H16ClN3O3. The Morgan fingerprint density at radius 1 is 1.17 bits per heavy atom. The molecule has 2 heterocycles. The fraction of sp³-hybridized carbons (Fsp3) is 0.0909. The quantitative estimate of drug-likeness (QED) is 0.523. The number of hydrogen-bond donors (Lipinski definition) is 2. The van der Waals surface area contributed by atoms with Gasteiger partial charge >= 0.3 is 0 Å². The normalized spacial score (nSPS) is 10.8. The lowest BCUT2D eigenvalue weighted by Gasteiger charge is -2.12. The molecular weight excluding hydrogens is 390 g/mol. The molecule has 0 radical (unpaired) electrons. The predicted molar refractivity (Wildman–Crippen MR) is 112 cm³/mol. The Balaban J connectivity index is 1.89. The van der Waals surface area contributed by atoms with Crippen molar-refractivity contribution in [3.05, 3.63) is 75.2 Å². The maximum absolute atomic E-state index is 11.9. The van der Waals surface area contributed by atoms with Gasteiger partial charge in [0.1, 0.15) is 22.5 Å². The van der Waals surface area contributed by atoms with Crippen molar-refractivity contribution in [3.63, 3.8) is 0 Å². The van der Waals surface area contributed by atoms with E-state index in [4.69, 9.17) is 16.3 Å². The number of nitrogens with zero attached hydrogens (tertiary/aromatic N) is 2. The van der Waals surface area contributed by atoms with E-state index in [1.165, 1.54) is 6.07 Å². The molecule has 0 bridgehead atoms. The number of hydrogen-bond acceptors (Lipinski definition) is 4. The highest BCUT2D eigenvalue weighted by atomic mass is 35.5. The minimum absolute atomic E-state index is 0.270. The van der Waals surface area contributed by atoms with E-state index < -0.39 is 11.3 Å². The second-order valence-corrected chi connectivity index (χ2v) is 6.99. The zero-order valence-corrected chi connectivity index (χ0v) is 16.4. The molecule has 0 aliphatic heterocycles. The Bertz CT molecular complexity index is 1350. The Labute approximate surface area is 171 Å². The molecule has 7 heteroatoms. The first-order chi connectivity index (χ1) is 13.9. The van der Waals surface area contributed by atoms with E-state index in [1.54, 1.807) is 17.7 Å². The summed E-state index contributed by atoms with van der Waals surface area (Å²) in [6.07, 6.45) is 0. The van der Waals surface area contributed by atoms with Crippen LogP contribution in [-0.2, 0) is 0 Å². The Morgan fingerprint density at radius 2 is 1.90 bits per heavy atom. The molecule has 0 saturated carbocycles. The number of pyridine rings is 1. The lowest BCUT2D eigenvalue weighted by Crippen LogP contribution is -2.10. The summed E-state index contributed by atoms with van der Waals surface area (Å²) in [6.45, 7) is 2.01. The van der Waals surface area contributed by atoms with Crippen LogP contribution < -0.4 is 10.3 Å². The average molecular weight is 406 g/mol. The molecule has 4 rings (SSSR count). The number of fused-ring (bicyclic) bond motifs is 1. The largest absolute Gasteiger partial charge is 0.504 e. The molecule has 0 fully saturated rings. The van der Waals surface area contributed by atoms with Crippen molar-refractivity contribution in [1.82, 2.24) is 9.55 Å². The summed E-state index contributed by atoms with van der Waals surface area (Å²) >= 11 is 6.37. The first kappa shape index (κ1) is 18.7. The highest BCUT2D eigenvalue weighted by molar-refractivity contribution is 6.31. The summed E-state index contributed by atoms with van der Waals surface area (Å²) in [7, 11) is 1.63. The minimum atomic E-state index is -0.659. The number of aromatic hydroxyl groups is 1. The van der Waals surface area contributed by atoms with Crippen LogP contribution in [0, 0.1) is 18.3 Å². The van der Waals surface area contributed by atoms with Gasteiger partial charge in [0.15, 0.2) is 11.3 Å². The highest BCUT2D eigenvalue weighted by Gasteiger charge is 2.19. The van der Waals surface area contributed by atoms with Crippen LogP contribution in [0.4, 0.5) is 0 Å².